The summed E-state index contributed by atoms with van der Waals surface area (Å²) >= 11 is 0. The van der Waals surface area contributed by atoms with E-state index in [9.17, 15) is 18.0 Å². The summed E-state index contributed by atoms with van der Waals surface area (Å²) in [4.78, 5) is 27.2. The number of sulfone groups is 1. The highest BCUT2D eigenvalue weighted by Crippen LogP contribution is 2.61. The average molecular weight is 480 g/mol. The molecule has 0 aromatic carbocycles. The Hall–Kier alpha value is -2.56. The second-order valence-corrected chi connectivity index (χ2v) is 12.4. The van der Waals surface area contributed by atoms with Gasteiger partial charge in [-0.1, -0.05) is 0 Å². The molecule has 0 saturated heterocycles. The van der Waals surface area contributed by atoms with Gasteiger partial charge in [-0.3, -0.25) is 9.48 Å². The molecule has 3 heterocycles. The number of ether oxygens (including phenoxy) is 3. The van der Waals surface area contributed by atoms with Crippen molar-refractivity contribution in [1.82, 2.24) is 14.7 Å². The fourth-order valence-electron chi connectivity index (χ4n) is 4.97. The molecule has 11 heteroatoms. The topological polar surface area (TPSA) is 117 Å². The van der Waals surface area contributed by atoms with E-state index in [0.717, 1.165) is 0 Å². The van der Waals surface area contributed by atoms with Crippen LogP contribution in [0.4, 0.5) is 0 Å². The lowest BCUT2D eigenvalue weighted by molar-refractivity contribution is -0.117. The van der Waals surface area contributed by atoms with Crippen molar-refractivity contribution >= 4 is 21.7 Å². The van der Waals surface area contributed by atoms with Crippen LogP contribution in [0.1, 0.15) is 73.0 Å². The van der Waals surface area contributed by atoms with Gasteiger partial charge in [0.2, 0.25) is 5.79 Å². The van der Waals surface area contributed by atoms with Crippen LogP contribution in [0.3, 0.4) is 0 Å². The minimum atomic E-state index is -3.64. The van der Waals surface area contributed by atoms with Gasteiger partial charge in [-0.25, -0.2) is 13.2 Å². The van der Waals surface area contributed by atoms with E-state index in [2.05, 4.69) is 5.10 Å². The van der Waals surface area contributed by atoms with Crippen molar-refractivity contribution in [1.29, 1.82) is 0 Å². The summed E-state index contributed by atoms with van der Waals surface area (Å²) < 4.78 is 43.5. The van der Waals surface area contributed by atoms with Gasteiger partial charge in [-0.2, -0.15) is 5.10 Å². The molecule has 0 spiro atoms. The fourth-order valence-corrected chi connectivity index (χ4v) is 7.76. The minimum Gasteiger partial charge on any atom is -0.461 e. The third-order valence-corrected chi connectivity index (χ3v) is 10.4. The van der Waals surface area contributed by atoms with E-state index in [1.165, 1.54) is 10.9 Å². The Morgan fingerprint density at radius 2 is 1.94 bits per heavy atom. The maximum atomic E-state index is 13.9. The Labute approximate surface area is 192 Å². The van der Waals surface area contributed by atoms with Gasteiger partial charge in [0.05, 0.1) is 11.4 Å². The average Bonchev–Trinajstić information content (AvgIpc) is 3.65. The number of carbonyl (C=O) groups excluding carboxylic acids is 2. The number of esters is 1. The number of amides is 1. The highest BCUT2D eigenvalue weighted by atomic mass is 32.2. The zero-order valence-corrected chi connectivity index (χ0v) is 20.2. The van der Waals surface area contributed by atoms with E-state index in [0.29, 0.717) is 55.7 Å². The van der Waals surface area contributed by atoms with E-state index in [1.807, 2.05) is 0 Å². The van der Waals surface area contributed by atoms with Crippen molar-refractivity contribution in [3.63, 3.8) is 0 Å². The van der Waals surface area contributed by atoms with Crippen LogP contribution in [-0.4, -0.2) is 70.0 Å². The molecule has 2 aliphatic heterocycles. The van der Waals surface area contributed by atoms with Crippen molar-refractivity contribution < 1.29 is 32.2 Å². The summed E-state index contributed by atoms with van der Waals surface area (Å²) in [6, 6.07) is 0. The lowest BCUT2D eigenvalue weighted by Crippen LogP contribution is -2.49. The van der Waals surface area contributed by atoms with Crippen LogP contribution in [0, 0.1) is 0 Å². The Kier molecular flexibility index (Phi) is 4.70. The molecule has 0 radical (unpaired) electrons. The summed E-state index contributed by atoms with van der Waals surface area (Å²) in [6.45, 7) is 5.86. The lowest BCUT2D eigenvalue weighted by Gasteiger charge is -2.33. The predicted molar refractivity (Wildman–Crippen MR) is 116 cm³/mol. The molecule has 1 amide bonds. The molecular weight excluding hydrogens is 450 g/mol. The SMILES string of the molecule is CCOC(=O)c1nn(C)c2c1CCN(CC1(S(=O)(=O)C3(C4=COC(C)(C)O4)CC3)CC1)C2=O. The molecule has 1 aromatic rings. The minimum absolute atomic E-state index is 0.118. The first kappa shape index (κ1) is 22.2. The maximum absolute atomic E-state index is 13.9. The van der Waals surface area contributed by atoms with Gasteiger partial charge in [0.15, 0.2) is 21.3 Å². The molecular formula is C22H29N3O7S. The molecule has 5 rings (SSSR count). The highest BCUT2D eigenvalue weighted by Gasteiger charge is 2.71. The van der Waals surface area contributed by atoms with Crippen LogP contribution in [-0.2, 0) is 37.5 Å². The van der Waals surface area contributed by atoms with Crippen LogP contribution >= 0.6 is 0 Å². The predicted octanol–water partition coefficient (Wildman–Crippen LogP) is 1.70. The number of hydrogen-bond acceptors (Lipinski definition) is 8. The summed E-state index contributed by atoms with van der Waals surface area (Å²) in [5.74, 6) is -1.37. The Morgan fingerprint density at radius 1 is 1.24 bits per heavy atom. The van der Waals surface area contributed by atoms with Crippen LogP contribution < -0.4 is 0 Å². The Bertz CT molecular complexity index is 1170. The molecule has 180 valence electrons. The van der Waals surface area contributed by atoms with Gasteiger partial charge in [-0.05, 0) is 39.0 Å². The Morgan fingerprint density at radius 3 is 2.48 bits per heavy atom. The summed E-state index contributed by atoms with van der Waals surface area (Å²) in [5, 5.41) is 4.21. The van der Waals surface area contributed by atoms with Crippen molar-refractivity contribution in [3.8, 4) is 0 Å². The molecule has 2 saturated carbocycles. The van der Waals surface area contributed by atoms with Gasteiger partial charge in [0.1, 0.15) is 16.7 Å². The first-order valence-corrected chi connectivity index (χ1v) is 12.8. The molecule has 0 N–H and O–H groups in total. The third kappa shape index (κ3) is 3.18. The van der Waals surface area contributed by atoms with Crippen molar-refractivity contribution in [2.45, 2.75) is 68.2 Å². The van der Waals surface area contributed by atoms with Crippen molar-refractivity contribution in [3.05, 3.63) is 29.0 Å². The lowest BCUT2D eigenvalue weighted by atomic mass is 10.0. The van der Waals surface area contributed by atoms with Crippen LogP contribution in [0.25, 0.3) is 0 Å². The number of rotatable bonds is 7. The largest absolute Gasteiger partial charge is 0.461 e. The quantitative estimate of drug-likeness (QED) is 0.543. The van der Waals surface area contributed by atoms with E-state index < -0.39 is 31.1 Å². The van der Waals surface area contributed by atoms with E-state index in [4.69, 9.17) is 14.2 Å². The van der Waals surface area contributed by atoms with Crippen LogP contribution in [0.5, 0.6) is 0 Å². The zero-order chi connectivity index (χ0) is 23.8. The summed E-state index contributed by atoms with van der Waals surface area (Å²) in [6.07, 6.45) is 3.84. The zero-order valence-electron chi connectivity index (χ0n) is 19.3. The number of carbonyl (C=O) groups is 2. The molecule has 0 atom stereocenters. The maximum Gasteiger partial charge on any atom is 0.359 e. The molecule has 0 bridgehead atoms. The molecule has 2 aliphatic carbocycles. The van der Waals surface area contributed by atoms with E-state index in [-0.39, 0.29) is 24.8 Å². The molecule has 1 aromatic heterocycles. The standard InChI is InChI=1S/C22H29N3O7S/c1-5-30-19(27)16-14-6-11-25(18(26)17(14)24(4)23-16)13-21(7-8-21)33(28,29)22(9-10-22)15-12-31-20(2,3)32-15/h12H,5-11,13H2,1-4H3. The summed E-state index contributed by atoms with van der Waals surface area (Å²) in [7, 11) is -2.03. The second kappa shape index (κ2) is 6.97. The normalized spacial score (nSPS) is 23.8. The highest BCUT2D eigenvalue weighted by molar-refractivity contribution is 7.95. The van der Waals surface area contributed by atoms with Gasteiger partial charge in [0, 0.05) is 39.5 Å². The van der Waals surface area contributed by atoms with Crippen LogP contribution in [0.2, 0.25) is 0 Å². The van der Waals surface area contributed by atoms with E-state index in [1.54, 1.807) is 32.7 Å². The number of nitrogens with zero attached hydrogens (tertiary/aromatic N) is 3. The smallest absolute Gasteiger partial charge is 0.359 e. The van der Waals surface area contributed by atoms with Crippen molar-refractivity contribution in [2.75, 3.05) is 19.7 Å². The molecule has 33 heavy (non-hydrogen) atoms. The number of fused-ring (bicyclic) bond motifs is 1. The monoisotopic (exact) mass is 479 g/mol. The molecule has 0 unspecified atom stereocenters. The van der Waals surface area contributed by atoms with Crippen LogP contribution in [0.15, 0.2) is 12.0 Å². The number of hydrogen-bond donors (Lipinski definition) is 0. The van der Waals surface area contributed by atoms with E-state index >= 15 is 0 Å². The Balaban J connectivity index is 1.39. The first-order valence-electron chi connectivity index (χ1n) is 11.3. The molecule has 4 aliphatic rings. The van der Waals surface area contributed by atoms with Gasteiger partial charge < -0.3 is 19.1 Å². The third-order valence-electron chi connectivity index (χ3n) is 7.07. The fraction of sp³-hybridized carbons (Fsp3) is 0.682. The first-order chi connectivity index (χ1) is 15.5. The van der Waals surface area contributed by atoms with Gasteiger partial charge in [0.25, 0.3) is 5.91 Å². The summed E-state index contributed by atoms with van der Waals surface area (Å²) in [5.41, 5.74) is 1.03. The van der Waals surface area contributed by atoms with Gasteiger partial charge in [-0.15, -0.1) is 0 Å². The van der Waals surface area contributed by atoms with Gasteiger partial charge >= 0.3 is 5.97 Å². The second-order valence-electron chi connectivity index (χ2n) is 9.78. The molecule has 10 nitrogen and oxygen atoms in total. The van der Waals surface area contributed by atoms with Crippen molar-refractivity contribution in [2.24, 2.45) is 7.05 Å². The number of aryl methyl sites for hydroxylation is 1. The number of aromatic nitrogens is 2. The molecule has 2 fully saturated rings.